The molecule has 0 amide bonds. The Labute approximate surface area is 160 Å². The van der Waals surface area contributed by atoms with Crippen molar-refractivity contribution in [1.82, 2.24) is 4.98 Å². The van der Waals surface area contributed by atoms with Crippen LogP contribution in [0.2, 0.25) is 5.02 Å². The standard InChI is InChI=1S/C20H16ClNO5/c1-24-15-6-10(7-16(25-2)19(15)26-3)17-12-5-4-11(21)8-13(12)22-14-9-27-20(23)18(14)17/h4-8H,9H2,1-3H3. The number of carbonyl (C=O) groups excluding carboxylic acids is 1. The van der Waals surface area contributed by atoms with Gasteiger partial charge in [0.2, 0.25) is 5.75 Å². The monoisotopic (exact) mass is 385 g/mol. The number of rotatable bonds is 4. The normalized spacial score (nSPS) is 12.7. The first-order valence-electron chi connectivity index (χ1n) is 8.17. The van der Waals surface area contributed by atoms with Crippen LogP contribution in [0.15, 0.2) is 30.3 Å². The summed E-state index contributed by atoms with van der Waals surface area (Å²) in [6.45, 7) is 0.133. The Morgan fingerprint density at radius 1 is 1.00 bits per heavy atom. The fourth-order valence-electron chi connectivity index (χ4n) is 3.34. The number of pyridine rings is 1. The molecule has 0 aliphatic carbocycles. The Bertz CT molecular complexity index is 1050. The van der Waals surface area contributed by atoms with Gasteiger partial charge in [-0.05, 0) is 29.8 Å². The Hall–Kier alpha value is -2.99. The lowest BCUT2D eigenvalue weighted by Gasteiger charge is -2.16. The SMILES string of the molecule is COc1cc(-c2c3c(nc4cc(Cl)ccc24)COC3=O)cc(OC)c1OC. The summed E-state index contributed by atoms with van der Waals surface area (Å²) in [7, 11) is 4.63. The first-order chi connectivity index (χ1) is 13.1. The molecule has 0 unspecified atom stereocenters. The van der Waals surface area contributed by atoms with E-state index in [1.54, 1.807) is 45.6 Å². The minimum Gasteiger partial charge on any atom is -0.493 e. The third-order valence-corrected chi connectivity index (χ3v) is 4.76. The average molecular weight is 386 g/mol. The largest absolute Gasteiger partial charge is 0.493 e. The van der Waals surface area contributed by atoms with Crippen LogP contribution in [0.3, 0.4) is 0 Å². The maximum absolute atomic E-state index is 12.4. The fraction of sp³-hybridized carbons (Fsp3) is 0.200. The quantitative estimate of drug-likeness (QED) is 0.625. The molecule has 0 bridgehead atoms. The molecule has 0 saturated carbocycles. The minimum atomic E-state index is -0.405. The molecule has 0 atom stereocenters. The number of halogens is 1. The van der Waals surface area contributed by atoms with Crippen molar-refractivity contribution in [2.45, 2.75) is 6.61 Å². The Morgan fingerprint density at radius 3 is 2.33 bits per heavy atom. The highest BCUT2D eigenvalue weighted by Crippen LogP contribution is 2.44. The van der Waals surface area contributed by atoms with E-state index in [4.69, 9.17) is 30.5 Å². The molecule has 0 fully saturated rings. The molecular weight excluding hydrogens is 370 g/mol. The smallest absolute Gasteiger partial charge is 0.341 e. The second kappa shape index (κ2) is 6.63. The molecule has 0 spiro atoms. The van der Waals surface area contributed by atoms with Gasteiger partial charge < -0.3 is 18.9 Å². The number of aromatic nitrogens is 1. The Balaban J connectivity index is 2.10. The number of carbonyl (C=O) groups is 1. The van der Waals surface area contributed by atoms with E-state index in [1.807, 2.05) is 6.07 Å². The summed E-state index contributed by atoms with van der Waals surface area (Å²) >= 11 is 6.14. The molecule has 0 radical (unpaired) electrons. The highest BCUT2D eigenvalue weighted by molar-refractivity contribution is 6.31. The Kier molecular flexibility index (Phi) is 4.28. The molecule has 27 heavy (non-hydrogen) atoms. The molecule has 0 saturated heterocycles. The number of fused-ring (bicyclic) bond motifs is 2. The predicted octanol–water partition coefficient (Wildman–Crippen LogP) is 4.25. The van der Waals surface area contributed by atoms with Crippen molar-refractivity contribution in [2.75, 3.05) is 21.3 Å². The van der Waals surface area contributed by atoms with Crippen LogP contribution in [0.1, 0.15) is 16.1 Å². The number of cyclic esters (lactones) is 1. The first kappa shape index (κ1) is 17.4. The molecule has 1 aliphatic rings. The van der Waals surface area contributed by atoms with Gasteiger partial charge in [-0.25, -0.2) is 9.78 Å². The summed E-state index contributed by atoms with van der Waals surface area (Å²) in [6, 6.07) is 8.98. The van der Waals surface area contributed by atoms with E-state index in [0.29, 0.717) is 44.6 Å². The van der Waals surface area contributed by atoms with E-state index in [-0.39, 0.29) is 6.61 Å². The maximum Gasteiger partial charge on any atom is 0.341 e. The van der Waals surface area contributed by atoms with Crippen LogP contribution in [0, 0.1) is 0 Å². The van der Waals surface area contributed by atoms with Crippen LogP contribution in [-0.4, -0.2) is 32.3 Å². The molecule has 6 nitrogen and oxygen atoms in total. The van der Waals surface area contributed by atoms with Crippen molar-refractivity contribution < 1.29 is 23.7 Å². The van der Waals surface area contributed by atoms with Crippen molar-refractivity contribution in [2.24, 2.45) is 0 Å². The van der Waals surface area contributed by atoms with Gasteiger partial charge >= 0.3 is 5.97 Å². The zero-order valence-corrected chi connectivity index (χ0v) is 15.7. The number of hydrogen-bond acceptors (Lipinski definition) is 6. The fourth-order valence-corrected chi connectivity index (χ4v) is 3.51. The van der Waals surface area contributed by atoms with E-state index in [9.17, 15) is 4.79 Å². The Morgan fingerprint density at radius 2 is 1.70 bits per heavy atom. The lowest BCUT2D eigenvalue weighted by Crippen LogP contribution is -2.02. The van der Waals surface area contributed by atoms with Gasteiger partial charge in [-0.2, -0.15) is 0 Å². The van der Waals surface area contributed by atoms with Gasteiger partial charge in [-0.3, -0.25) is 0 Å². The summed E-state index contributed by atoms with van der Waals surface area (Å²) in [5, 5.41) is 1.35. The summed E-state index contributed by atoms with van der Waals surface area (Å²) in [4.78, 5) is 17.0. The number of methoxy groups -OCH3 is 3. The van der Waals surface area contributed by atoms with Crippen molar-refractivity contribution >= 4 is 28.5 Å². The molecule has 4 rings (SSSR count). The topological polar surface area (TPSA) is 66.9 Å². The van der Waals surface area contributed by atoms with Gasteiger partial charge in [-0.15, -0.1) is 0 Å². The van der Waals surface area contributed by atoms with Gasteiger partial charge in [0.05, 0.1) is 38.1 Å². The van der Waals surface area contributed by atoms with Crippen LogP contribution in [0.4, 0.5) is 0 Å². The summed E-state index contributed by atoms with van der Waals surface area (Å²) in [5.74, 6) is 1.05. The minimum absolute atomic E-state index is 0.133. The molecule has 7 heteroatoms. The zero-order valence-electron chi connectivity index (χ0n) is 15.0. The van der Waals surface area contributed by atoms with Crippen LogP contribution in [0.25, 0.3) is 22.0 Å². The van der Waals surface area contributed by atoms with Crippen LogP contribution in [-0.2, 0) is 11.3 Å². The van der Waals surface area contributed by atoms with Crippen LogP contribution < -0.4 is 14.2 Å². The van der Waals surface area contributed by atoms with Gasteiger partial charge in [0.1, 0.15) is 6.61 Å². The van der Waals surface area contributed by atoms with Gasteiger partial charge in [0.15, 0.2) is 11.5 Å². The van der Waals surface area contributed by atoms with Crippen molar-refractivity contribution in [3.8, 4) is 28.4 Å². The second-order valence-electron chi connectivity index (χ2n) is 5.96. The molecule has 1 aromatic heterocycles. The molecule has 2 heterocycles. The van der Waals surface area contributed by atoms with Gasteiger partial charge in [-0.1, -0.05) is 17.7 Å². The highest BCUT2D eigenvalue weighted by atomic mass is 35.5. The number of benzene rings is 2. The third kappa shape index (κ3) is 2.73. The number of esters is 1. The van der Waals surface area contributed by atoms with E-state index in [2.05, 4.69) is 4.98 Å². The zero-order chi connectivity index (χ0) is 19.1. The van der Waals surface area contributed by atoms with Crippen LogP contribution >= 0.6 is 11.6 Å². The number of hydrogen-bond donors (Lipinski definition) is 0. The maximum atomic E-state index is 12.4. The molecule has 1 aliphatic heterocycles. The van der Waals surface area contributed by atoms with E-state index in [1.165, 1.54) is 0 Å². The van der Waals surface area contributed by atoms with E-state index < -0.39 is 5.97 Å². The van der Waals surface area contributed by atoms with Crippen molar-refractivity contribution in [1.29, 1.82) is 0 Å². The average Bonchev–Trinajstić information content (AvgIpc) is 3.05. The molecule has 2 aromatic carbocycles. The lowest BCUT2D eigenvalue weighted by atomic mass is 9.94. The summed E-state index contributed by atoms with van der Waals surface area (Å²) in [6.07, 6.45) is 0. The predicted molar refractivity (Wildman–Crippen MR) is 101 cm³/mol. The highest BCUT2D eigenvalue weighted by Gasteiger charge is 2.30. The molecule has 138 valence electrons. The third-order valence-electron chi connectivity index (χ3n) is 4.52. The van der Waals surface area contributed by atoms with Gasteiger partial charge in [0.25, 0.3) is 0 Å². The molecular formula is C20H16ClNO5. The van der Waals surface area contributed by atoms with E-state index >= 15 is 0 Å². The van der Waals surface area contributed by atoms with Gasteiger partial charge in [0, 0.05) is 16.0 Å². The van der Waals surface area contributed by atoms with Crippen molar-refractivity contribution in [3.63, 3.8) is 0 Å². The lowest BCUT2D eigenvalue weighted by molar-refractivity contribution is 0.0534. The van der Waals surface area contributed by atoms with Crippen LogP contribution in [0.5, 0.6) is 17.2 Å². The summed E-state index contributed by atoms with van der Waals surface area (Å²) in [5.41, 5.74) is 3.14. The van der Waals surface area contributed by atoms with E-state index in [0.717, 1.165) is 10.9 Å². The number of nitrogens with zero attached hydrogens (tertiary/aromatic N) is 1. The van der Waals surface area contributed by atoms with Crippen molar-refractivity contribution in [3.05, 3.63) is 46.6 Å². The number of ether oxygens (including phenoxy) is 4. The summed E-state index contributed by atoms with van der Waals surface area (Å²) < 4.78 is 21.5. The second-order valence-corrected chi connectivity index (χ2v) is 6.40. The molecule has 3 aromatic rings. The molecule has 0 N–H and O–H groups in total. The first-order valence-corrected chi connectivity index (χ1v) is 8.54.